The van der Waals surface area contributed by atoms with Gasteiger partial charge in [0.15, 0.2) is 0 Å². The van der Waals surface area contributed by atoms with Gasteiger partial charge in [0.1, 0.15) is 24.0 Å². The van der Waals surface area contributed by atoms with Crippen LogP contribution in [0, 0.1) is 5.92 Å². The molecule has 9 nitrogen and oxygen atoms in total. The van der Waals surface area contributed by atoms with Crippen LogP contribution in [0.5, 0.6) is 0 Å². The summed E-state index contributed by atoms with van der Waals surface area (Å²) < 4.78 is 57.2. The smallest absolute Gasteiger partial charge is 0.422 e. The van der Waals surface area contributed by atoms with Gasteiger partial charge < -0.3 is 24.2 Å². The molecule has 1 unspecified atom stereocenters. The quantitative estimate of drug-likeness (QED) is 0.330. The highest BCUT2D eigenvalue weighted by Crippen LogP contribution is 2.43. The summed E-state index contributed by atoms with van der Waals surface area (Å²) in [5.74, 6) is -1.72. The number of hydrogen-bond acceptors (Lipinski definition) is 9. The number of rotatable bonds is 7. The number of benzene rings is 2. The molecule has 1 aliphatic heterocycles. The SMILES string of the molecule is O=C(OC[C@@H](O)c1ccc(-c2noc(-c3onc(-c4ccccc4)c3C(F)(F)F)n2)cc1)C1CCCNC1. The average molecular weight is 528 g/mol. The first-order valence-corrected chi connectivity index (χ1v) is 11.9. The van der Waals surface area contributed by atoms with Gasteiger partial charge in [-0.05, 0) is 24.9 Å². The maximum absolute atomic E-state index is 13.9. The first-order valence-electron chi connectivity index (χ1n) is 11.9. The number of nitrogens with one attached hydrogen (secondary N) is 1. The molecule has 3 heterocycles. The highest BCUT2D eigenvalue weighted by Gasteiger charge is 2.43. The molecule has 38 heavy (non-hydrogen) atoms. The lowest BCUT2D eigenvalue weighted by molar-refractivity contribution is -0.152. The molecular weight excluding hydrogens is 505 g/mol. The summed E-state index contributed by atoms with van der Waals surface area (Å²) in [7, 11) is 0. The molecule has 0 amide bonds. The number of aliphatic hydroxyl groups excluding tert-OH is 1. The molecule has 0 aliphatic carbocycles. The zero-order valence-corrected chi connectivity index (χ0v) is 19.9. The highest BCUT2D eigenvalue weighted by molar-refractivity contribution is 5.73. The summed E-state index contributed by atoms with van der Waals surface area (Å²) in [5, 5.41) is 20.9. The third-order valence-electron chi connectivity index (χ3n) is 6.21. The number of aliphatic hydroxyl groups is 1. The highest BCUT2D eigenvalue weighted by atomic mass is 19.4. The van der Waals surface area contributed by atoms with Gasteiger partial charge in [0.25, 0.3) is 5.89 Å². The van der Waals surface area contributed by atoms with Gasteiger partial charge in [-0.15, -0.1) is 0 Å². The van der Waals surface area contributed by atoms with Crippen LogP contribution in [-0.4, -0.2) is 46.1 Å². The molecule has 2 atom stereocenters. The Labute approximate surface area is 214 Å². The largest absolute Gasteiger partial charge is 0.462 e. The summed E-state index contributed by atoms with van der Waals surface area (Å²) in [6.45, 7) is 1.23. The third kappa shape index (κ3) is 5.46. The molecule has 4 aromatic rings. The number of hydrogen-bond donors (Lipinski definition) is 2. The van der Waals surface area contributed by atoms with Crippen LogP contribution in [0.25, 0.3) is 34.3 Å². The van der Waals surface area contributed by atoms with Crippen molar-refractivity contribution in [2.45, 2.75) is 25.1 Å². The zero-order chi connectivity index (χ0) is 26.7. The van der Waals surface area contributed by atoms with Crippen molar-refractivity contribution >= 4 is 5.97 Å². The second kappa shape index (κ2) is 10.8. The van der Waals surface area contributed by atoms with Gasteiger partial charge in [-0.2, -0.15) is 18.2 Å². The summed E-state index contributed by atoms with van der Waals surface area (Å²) >= 11 is 0. The van der Waals surface area contributed by atoms with Crippen LogP contribution < -0.4 is 5.32 Å². The second-order valence-corrected chi connectivity index (χ2v) is 8.83. The molecule has 2 N–H and O–H groups in total. The number of carbonyl (C=O) groups excluding carboxylic acids is 1. The minimum Gasteiger partial charge on any atom is -0.462 e. The van der Waals surface area contributed by atoms with E-state index >= 15 is 0 Å². The Bertz CT molecular complexity index is 1380. The molecule has 2 aromatic carbocycles. The lowest BCUT2D eigenvalue weighted by Gasteiger charge is -2.22. The molecular formula is C26H23F3N4O5. The average Bonchev–Trinajstić information content (AvgIpc) is 3.60. The van der Waals surface area contributed by atoms with Crippen molar-refractivity contribution in [3.8, 4) is 34.3 Å². The number of esters is 1. The number of piperidine rings is 1. The minimum absolute atomic E-state index is 0.0167. The van der Waals surface area contributed by atoms with E-state index in [1.165, 1.54) is 12.1 Å². The van der Waals surface area contributed by atoms with E-state index in [0.717, 1.165) is 19.4 Å². The fourth-order valence-corrected chi connectivity index (χ4v) is 4.21. The van der Waals surface area contributed by atoms with Crippen LogP contribution in [0.15, 0.2) is 63.6 Å². The van der Waals surface area contributed by atoms with E-state index < -0.39 is 29.5 Å². The number of alkyl halides is 3. The van der Waals surface area contributed by atoms with Crippen LogP contribution in [0.3, 0.4) is 0 Å². The van der Waals surface area contributed by atoms with Gasteiger partial charge >= 0.3 is 12.1 Å². The van der Waals surface area contributed by atoms with E-state index in [9.17, 15) is 23.1 Å². The van der Waals surface area contributed by atoms with Gasteiger partial charge in [0.2, 0.25) is 11.6 Å². The number of ether oxygens (including phenoxy) is 1. The fourth-order valence-electron chi connectivity index (χ4n) is 4.21. The second-order valence-electron chi connectivity index (χ2n) is 8.83. The van der Waals surface area contributed by atoms with Gasteiger partial charge in [-0.3, -0.25) is 4.79 Å². The van der Waals surface area contributed by atoms with Gasteiger partial charge in [-0.25, -0.2) is 0 Å². The molecule has 1 saturated heterocycles. The Hall–Kier alpha value is -4.03. The molecule has 198 valence electrons. The molecule has 0 bridgehead atoms. The van der Waals surface area contributed by atoms with Crippen LogP contribution in [0.2, 0.25) is 0 Å². The van der Waals surface area contributed by atoms with Gasteiger partial charge in [0.05, 0.1) is 5.92 Å². The van der Waals surface area contributed by atoms with Crippen molar-refractivity contribution in [1.82, 2.24) is 20.6 Å². The molecule has 12 heteroatoms. The summed E-state index contributed by atoms with van der Waals surface area (Å²) in [6.07, 6.45) is -4.20. The van der Waals surface area contributed by atoms with E-state index in [1.807, 2.05) is 0 Å². The Kier molecular flexibility index (Phi) is 7.25. The monoisotopic (exact) mass is 528 g/mol. The van der Waals surface area contributed by atoms with Crippen molar-refractivity contribution in [2.24, 2.45) is 5.92 Å². The van der Waals surface area contributed by atoms with Crippen LogP contribution in [-0.2, 0) is 15.7 Å². The predicted molar refractivity (Wildman–Crippen MR) is 127 cm³/mol. The van der Waals surface area contributed by atoms with Crippen molar-refractivity contribution in [2.75, 3.05) is 19.7 Å². The van der Waals surface area contributed by atoms with Crippen LogP contribution in [0.1, 0.15) is 30.1 Å². The van der Waals surface area contributed by atoms with Crippen molar-refractivity contribution in [3.05, 3.63) is 65.7 Å². The first kappa shape index (κ1) is 25.6. The number of halogens is 3. The fraction of sp³-hybridized carbons (Fsp3) is 0.308. The summed E-state index contributed by atoms with van der Waals surface area (Å²) in [4.78, 5) is 16.2. The van der Waals surface area contributed by atoms with Crippen LogP contribution in [0.4, 0.5) is 13.2 Å². The van der Waals surface area contributed by atoms with E-state index in [4.69, 9.17) is 13.8 Å². The zero-order valence-electron chi connectivity index (χ0n) is 19.9. The number of carbonyl (C=O) groups is 1. The Morgan fingerprint density at radius 1 is 1.08 bits per heavy atom. The topological polar surface area (TPSA) is 124 Å². The standard InChI is InChI=1S/C26H23F3N4O5/c27-26(28,29)20-21(16-5-2-1-3-6-16)32-37-22(20)24-31-23(33-38-24)17-10-8-15(9-11-17)19(34)14-36-25(35)18-7-4-12-30-13-18/h1-3,5-6,8-11,18-19,30,34H,4,7,12-14H2/t18?,19-/m1/s1. The molecule has 2 aromatic heterocycles. The van der Waals surface area contributed by atoms with E-state index in [-0.39, 0.29) is 35.6 Å². The molecule has 1 fully saturated rings. The molecule has 0 spiro atoms. The van der Waals surface area contributed by atoms with Gasteiger partial charge in [-0.1, -0.05) is 64.9 Å². The lowest BCUT2D eigenvalue weighted by Crippen LogP contribution is -2.35. The summed E-state index contributed by atoms with van der Waals surface area (Å²) in [6, 6.07) is 14.1. The van der Waals surface area contributed by atoms with Crippen molar-refractivity contribution in [3.63, 3.8) is 0 Å². The van der Waals surface area contributed by atoms with Gasteiger partial charge in [0, 0.05) is 17.7 Å². The molecule has 5 rings (SSSR count). The molecule has 1 aliphatic rings. The lowest BCUT2D eigenvalue weighted by atomic mass is 10.00. The maximum atomic E-state index is 13.9. The normalized spacial score (nSPS) is 16.8. The van der Waals surface area contributed by atoms with Crippen molar-refractivity contribution in [1.29, 1.82) is 0 Å². The summed E-state index contributed by atoms with van der Waals surface area (Å²) in [5.41, 5.74) is -0.362. The van der Waals surface area contributed by atoms with E-state index in [0.29, 0.717) is 17.7 Å². The van der Waals surface area contributed by atoms with E-state index in [1.54, 1.807) is 42.5 Å². The maximum Gasteiger partial charge on any atom is 0.422 e. The Morgan fingerprint density at radius 3 is 2.53 bits per heavy atom. The van der Waals surface area contributed by atoms with Crippen LogP contribution >= 0.6 is 0 Å². The number of aromatic nitrogens is 3. The third-order valence-corrected chi connectivity index (χ3v) is 6.21. The number of nitrogens with zero attached hydrogens (tertiary/aromatic N) is 3. The Balaban J connectivity index is 1.30. The predicted octanol–water partition coefficient (Wildman–Crippen LogP) is 4.65. The first-order chi connectivity index (χ1) is 18.3. The Morgan fingerprint density at radius 2 is 1.84 bits per heavy atom. The van der Waals surface area contributed by atoms with E-state index in [2.05, 4.69) is 20.6 Å². The molecule has 0 radical (unpaired) electrons. The molecule has 0 saturated carbocycles. The van der Waals surface area contributed by atoms with Crippen molar-refractivity contribution < 1.29 is 36.9 Å². The minimum atomic E-state index is -4.79.